The van der Waals surface area contributed by atoms with Crippen LogP contribution in [0.3, 0.4) is 0 Å². The molecule has 2 rings (SSSR count). The van der Waals surface area contributed by atoms with Gasteiger partial charge in [-0.3, -0.25) is 4.79 Å². The third kappa shape index (κ3) is 3.21. The number of aliphatic hydroxyl groups excluding tert-OH is 1. The van der Waals surface area contributed by atoms with Crippen LogP contribution >= 0.6 is 0 Å². The van der Waals surface area contributed by atoms with Crippen LogP contribution in [0.4, 0.5) is 5.69 Å². The van der Waals surface area contributed by atoms with Crippen LogP contribution in [-0.2, 0) is 11.2 Å². The molecule has 1 heterocycles. The van der Waals surface area contributed by atoms with E-state index < -0.39 is 0 Å². The van der Waals surface area contributed by atoms with E-state index in [0.717, 1.165) is 43.4 Å². The van der Waals surface area contributed by atoms with Gasteiger partial charge >= 0.3 is 0 Å². The Morgan fingerprint density at radius 2 is 2.10 bits per heavy atom. The Balaban J connectivity index is 2.26. The van der Waals surface area contributed by atoms with Gasteiger partial charge in [0.1, 0.15) is 0 Å². The summed E-state index contributed by atoms with van der Waals surface area (Å²) in [5.41, 5.74) is 3.22. The average Bonchev–Trinajstić information content (AvgIpc) is 2.61. The predicted molar refractivity (Wildman–Crippen MR) is 81.9 cm³/mol. The summed E-state index contributed by atoms with van der Waals surface area (Å²) in [7, 11) is 0. The number of amides is 1. The highest BCUT2D eigenvalue weighted by Gasteiger charge is 2.21. The fourth-order valence-electron chi connectivity index (χ4n) is 2.89. The number of hydrogen-bond donors (Lipinski definition) is 1. The van der Waals surface area contributed by atoms with E-state index in [1.54, 1.807) is 0 Å². The number of carbonyl (C=O) groups excluding carboxylic acids is 1. The number of hydrogen-bond acceptors (Lipinski definition) is 2. The van der Waals surface area contributed by atoms with Crippen LogP contribution in [0, 0.1) is 0 Å². The third-order valence-electron chi connectivity index (χ3n) is 4.06. The molecule has 1 aliphatic heterocycles. The highest BCUT2D eigenvalue weighted by molar-refractivity contribution is 5.94. The lowest BCUT2D eigenvalue weighted by atomic mass is 9.98. The first-order valence-corrected chi connectivity index (χ1v) is 7.78. The molecule has 0 aliphatic carbocycles. The van der Waals surface area contributed by atoms with Gasteiger partial charge in [0.15, 0.2) is 0 Å². The van der Waals surface area contributed by atoms with Crippen LogP contribution in [-0.4, -0.2) is 17.6 Å². The van der Waals surface area contributed by atoms with Gasteiger partial charge in [-0.05, 0) is 43.4 Å². The van der Waals surface area contributed by atoms with E-state index in [4.69, 9.17) is 0 Å². The van der Waals surface area contributed by atoms with Gasteiger partial charge in [-0.25, -0.2) is 0 Å². The molecule has 3 heteroatoms. The van der Waals surface area contributed by atoms with Crippen molar-refractivity contribution in [1.29, 1.82) is 0 Å². The molecule has 1 aromatic carbocycles. The van der Waals surface area contributed by atoms with Crippen molar-refractivity contribution in [3.05, 3.63) is 29.3 Å². The molecule has 3 nitrogen and oxygen atoms in total. The van der Waals surface area contributed by atoms with Crippen molar-refractivity contribution in [2.45, 2.75) is 58.5 Å². The summed E-state index contributed by atoms with van der Waals surface area (Å²) in [6, 6.07) is 6.07. The third-order valence-corrected chi connectivity index (χ3v) is 4.06. The molecule has 1 aromatic rings. The summed E-state index contributed by atoms with van der Waals surface area (Å²) < 4.78 is 0. The molecule has 0 radical (unpaired) electrons. The predicted octanol–water partition coefficient (Wildman–Crippen LogP) is 3.60. The van der Waals surface area contributed by atoms with Crippen molar-refractivity contribution < 1.29 is 9.90 Å². The van der Waals surface area contributed by atoms with E-state index in [1.807, 2.05) is 24.0 Å². The minimum atomic E-state index is -0.380. The highest BCUT2D eigenvalue weighted by Crippen LogP contribution is 2.30. The number of aliphatic hydroxyl groups is 1. The van der Waals surface area contributed by atoms with Crippen LogP contribution in [0.15, 0.2) is 18.2 Å². The number of carbonyl (C=O) groups is 1. The summed E-state index contributed by atoms with van der Waals surface area (Å²) in [6.07, 6.45) is 5.01. The van der Waals surface area contributed by atoms with E-state index >= 15 is 0 Å². The molecule has 1 aliphatic rings. The Bertz CT molecular complexity index is 470. The number of unbranched alkanes of at least 4 members (excludes halogenated alkanes) is 1. The second-order valence-corrected chi connectivity index (χ2v) is 5.54. The summed E-state index contributed by atoms with van der Waals surface area (Å²) >= 11 is 0. The maximum Gasteiger partial charge on any atom is 0.226 e. The molecular weight excluding hydrogens is 250 g/mol. The molecule has 110 valence electrons. The first kappa shape index (κ1) is 15.0. The number of benzene rings is 1. The molecule has 1 amide bonds. The molecule has 0 bridgehead atoms. The van der Waals surface area contributed by atoms with Crippen LogP contribution < -0.4 is 4.90 Å². The Kier molecular flexibility index (Phi) is 5.18. The van der Waals surface area contributed by atoms with Crippen LogP contribution in [0.1, 0.15) is 63.2 Å². The molecular formula is C17H25NO2. The van der Waals surface area contributed by atoms with Gasteiger partial charge in [0, 0.05) is 18.7 Å². The van der Waals surface area contributed by atoms with Crippen molar-refractivity contribution >= 4 is 11.6 Å². The molecule has 0 aromatic heterocycles. The van der Waals surface area contributed by atoms with Gasteiger partial charge in [0.2, 0.25) is 5.91 Å². The van der Waals surface area contributed by atoms with Gasteiger partial charge in [-0.2, -0.15) is 0 Å². The van der Waals surface area contributed by atoms with Crippen LogP contribution in [0.2, 0.25) is 0 Å². The number of rotatable bonds is 5. The Labute approximate surface area is 121 Å². The normalized spacial score (nSPS) is 16.8. The molecule has 0 spiro atoms. The van der Waals surface area contributed by atoms with Gasteiger partial charge < -0.3 is 10.0 Å². The fraction of sp³-hybridized carbons (Fsp3) is 0.588. The first-order chi connectivity index (χ1) is 9.67. The number of anilines is 1. The summed E-state index contributed by atoms with van der Waals surface area (Å²) in [6.45, 7) is 4.86. The number of fused-ring (bicyclic) bond motifs is 1. The summed E-state index contributed by atoms with van der Waals surface area (Å²) in [5.74, 6) is 0.213. The van der Waals surface area contributed by atoms with Gasteiger partial charge in [0.25, 0.3) is 0 Å². The molecule has 0 saturated heterocycles. The number of aryl methyl sites for hydroxylation is 1. The maximum absolute atomic E-state index is 12.0. The van der Waals surface area contributed by atoms with E-state index in [0.29, 0.717) is 13.0 Å². The van der Waals surface area contributed by atoms with Crippen molar-refractivity contribution in [1.82, 2.24) is 0 Å². The van der Waals surface area contributed by atoms with Crippen molar-refractivity contribution in [2.75, 3.05) is 11.4 Å². The zero-order valence-corrected chi connectivity index (χ0v) is 12.6. The van der Waals surface area contributed by atoms with E-state index in [9.17, 15) is 9.90 Å². The second kappa shape index (κ2) is 6.89. The standard InChI is InChI=1S/C17H25NO2/c1-3-5-8-16(19)14-10-11-15-13(12-14)7-6-9-17(20)18(15)4-2/h10-12,16,19H,3-9H2,1-2H3. The van der Waals surface area contributed by atoms with E-state index in [-0.39, 0.29) is 12.0 Å². The molecule has 1 unspecified atom stereocenters. The number of nitrogens with zero attached hydrogens (tertiary/aromatic N) is 1. The molecule has 1 atom stereocenters. The summed E-state index contributed by atoms with van der Waals surface area (Å²) in [5, 5.41) is 10.2. The summed E-state index contributed by atoms with van der Waals surface area (Å²) in [4.78, 5) is 13.9. The first-order valence-electron chi connectivity index (χ1n) is 7.78. The van der Waals surface area contributed by atoms with Gasteiger partial charge in [0.05, 0.1) is 6.10 Å². The Morgan fingerprint density at radius 3 is 2.80 bits per heavy atom. The topological polar surface area (TPSA) is 40.5 Å². The minimum Gasteiger partial charge on any atom is -0.388 e. The zero-order chi connectivity index (χ0) is 14.5. The van der Waals surface area contributed by atoms with Crippen molar-refractivity contribution in [2.24, 2.45) is 0 Å². The smallest absolute Gasteiger partial charge is 0.226 e. The lowest BCUT2D eigenvalue weighted by Crippen LogP contribution is -2.29. The minimum absolute atomic E-state index is 0.213. The Hall–Kier alpha value is -1.35. The molecule has 0 saturated carbocycles. The molecule has 0 fully saturated rings. The van der Waals surface area contributed by atoms with Crippen molar-refractivity contribution in [3.63, 3.8) is 0 Å². The van der Waals surface area contributed by atoms with Crippen LogP contribution in [0.5, 0.6) is 0 Å². The molecule has 20 heavy (non-hydrogen) atoms. The lowest BCUT2D eigenvalue weighted by molar-refractivity contribution is -0.118. The highest BCUT2D eigenvalue weighted by atomic mass is 16.3. The lowest BCUT2D eigenvalue weighted by Gasteiger charge is -2.22. The quantitative estimate of drug-likeness (QED) is 0.892. The van der Waals surface area contributed by atoms with Crippen molar-refractivity contribution in [3.8, 4) is 0 Å². The zero-order valence-electron chi connectivity index (χ0n) is 12.6. The largest absolute Gasteiger partial charge is 0.388 e. The maximum atomic E-state index is 12.0. The van der Waals surface area contributed by atoms with E-state index in [2.05, 4.69) is 13.0 Å². The van der Waals surface area contributed by atoms with Gasteiger partial charge in [-0.1, -0.05) is 31.9 Å². The van der Waals surface area contributed by atoms with Gasteiger partial charge in [-0.15, -0.1) is 0 Å². The fourth-order valence-corrected chi connectivity index (χ4v) is 2.89. The SMILES string of the molecule is CCCCC(O)c1ccc2c(c1)CCCC(=O)N2CC. The van der Waals surface area contributed by atoms with Crippen LogP contribution in [0.25, 0.3) is 0 Å². The molecule has 1 N–H and O–H groups in total. The Morgan fingerprint density at radius 1 is 1.30 bits per heavy atom. The second-order valence-electron chi connectivity index (χ2n) is 5.54. The average molecular weight is 275 g/mol. The monoisotopic (exact) mass is 275 g/mol. The van der Waals surface area contributed by atoms with E-state index in [1.165, 1.54) is 5.56 Å².